The van der Waals surface area contributed by atoms with E-state index in [1.54, 1.807) is 18.4 Å². The van der Waals surface area contributed by atoms with E-state index in [-0.39, 0.29) is 19.1 Å². The molecule has 8 nitrogen and oxygen atoms in total. The van der Waals surface area contributed by atoms with Crippen molar-refractivity contribution in [2.75, 3.05) is 26.2 Å². The van der Waals surface area contributed by atoms with Gasteiger partial charge in [-0.15, -0.1) is 0 Å². The summed E-state index contributed by atoms with van der Waals surface area (Å²) in [6.07, 6.45) is 2.46. The van der Waals surface area contributed by atoms with Crippen molar-refractivity contribution in [2.24, 2.45) is 5.73 Å². The van der Waals surface area contributed by atoms with Gasteiger partial charge in [0.15, 0.2) is 0 Å². The fourth-order valence-electron chi connectivity index (χ4n) is 3.70. The zero-order chi connectivity index (χ0) is 21.1. The number of amides is 3. The zero-order valence-electron chi connectivity index (χ0n) is 16.4. The minimum atomic E-state index is -0.934. The highest BCUT2D eigenvalue weighted by Gasteiger charge is 2.26. The van der Waals surface area contributed by atoms with Crippen molar-refractivity contribution in [1.29, 1.82) is 0 Å². The van der Waals surface area contributed by atoms with E-state index >= 15 is 0 Å². The molecule has 0 spiro atoms. The number of rotatable bonds is 6. The number of nitrogens with two attached hydrogens (primary N) is 1. The lowest BCUT2D eigenvalue weighted by Crippen LogP contribution is -2.39. The fourth-order valence-corrected chi connectivity index (χ4v) is 3.70. The van der Waals surface area contributed by atoms with Crippen LogP contribution in [0.25, 0.3) is 5.57 Å². The van der Waals surface area contributed by atoms with Gasteiger partial charge in [-0.05, 0) is 41.3 Å². The Morgan fingerprint density at radius 1 is 1.20 bits per heavy atom. The molecule has 2 aliphatic rings. The lowest BCUT2D eigenvalue weighted by molar-refractivity contribution is -0.0464. The number of urea groups is 1. The molecule has 3 N–H and O–H groups in total. The second-order valence-corrected chi connectivity index (χ2v) is 7.22. The van der Waals surface area contributed by atoms with Crippen molar-refractivity contribution in [3.05, 3.63) is 71.0 Å². The Labute approximate surface area is 174 Å². The summed E-state index contributed by atoms with van der Waals surface area (Å²) in [5.74, 6) is 0.548. The Hall–Kier alpha value is -3.52. The van der Waals surface area contributed by atoms with Gasteiger partial charge in [-0.2, -0.15) is 0 Å². The first-order valence-electron chi connectivity index (χ1n) is 9.72. The van der Waals surface area contributed by atoms with Gasteiger partial charge in [0, 0.05) is 24.2 Å². The zero-order valence-corrected chi connectivity index (χ0v) is 16.4. The number of primary amides is 1. The number of carbonyl (C=O) groups is 2. The molecule has 3 amide bonds. The molecule has 0 aliphatic carbocycles. The van der Waals surface area contributed by atoms with Gasteiger partial charge in [-0.25, -0.2) is 9.86 Å². The summed E-state index contributed by atoms with van der Waals surface area (Å²) in [6.45, 7) is 1.68. The van der Waals surface area contributed by atoms with Crippen molar-refractivity contribution in [2.45, 2.75) is 13.0 Å². The molecule has 0 radical (unpaired) electrons. The Kier molecular flexibility index (Phi) is 5.58. The number of hydrogen-bond acceptors (Lipinski definition) is 5. The first kappa shape index (κ1) is 19.8. The Morgan fingerprint density at radius 3 is 2.87 bits per heavy atom. The van der Waals surface area contributed by atoms with Gasteiger partial charge in [-0.3, -0.25) is 10.0 Å². The lowest BCUT2D eigenvalue weighted by atomic mass is 9.95. The van der Waals surface area contributed by atoms with Crippen molar-refractivity contribution in [3.63, 3.8) is 0 Å². The number of nitrogens with zero attached hydrogens (tertiary/aromatic N) is 2. The summed E-state index contributed by atoms with van der Waals surface area (Å²) in [6, 6.07) is 12.4. The largest absolute Gasteiger partial charge is 0.496 e. The Morgan fingerprint density at radius 2 is 2.03 bits per heavy atom. The molecule has 0 aromatic heterocycles. The molecule has 30 heavy (non-hydrogen) atoms. The number of ether oxygens (including phenoxy) is 2. The van der Waals surface area contributed by atoms with Crippen LogP contribution in [0.15, 0.2) is 48.7 Å². The van der Waals surface area contributed by atoms with Crippen LogP contribution in [0.4, 0.5) is 4.79 Å². The number of hydrogen-bond donors (Lipinski definition) is 2. The third-order valence-electron chi connectivity index (χ3n) is 5.26. The average molecular weight is 409 g/mol. The molecular weight excluding hydrogens is 386 g/mol. The normalized spacial score (nSPS) is 14.9. The fraction of sp³-hybridized carbons (Fsp3) is 0.273. The van der Waals surface area contributed by atoms with Gasteiger partial charge in [0.1, 0.15) is 19.0 Å². The summed E-state index contributed by atoms with van der Waals surface area (Å²) in [5, 5.41) is 9.66. The van der Waals surface area contributed by atoms with Gasteiger partial charge in [0.25, 0.3) is 5.91 Å². The van der Waals surface area contributed by atoms with Gasteiger partial charge < -0.3 is 20.1 Å². The highest BCUT2D eigenvalue weighted by molar-refractivity contribution is 5.97. The molecule has 2 aromatic rings. The van der Waals surface area contributed by atoms with Crippen molar-refractivity contribution in [1.82, 2.24) is 9.96 Å². The molecule has 0 atom stereocenters. The molecule has 8 heteroatoms. The SMILES string of the molecule is NC(=O)N(O)CCOc1ccc2c(c1)CCN(CC1=COCc3ccccc31)C2=O. The summed E-state index contributed by atoms with van der Waals surface area (Å²) in [5.41, 5.74) is 9.77. The minimum Gasteiger partial charge on any atom is -0.496 e. The molecule has 0 saturated carbocycles. The van der Waals surface area contributed by atoms with E-state index in [0.717, 1.165) is 22.3 Å². The Bertz CT molecular complexity index is 1000. The van der Waals surface area contributed by atoms with E-state index in [2.05, 4.69) is 6.07 Å². The standard InChI is InChI=1S/C22H23N3O5/c23-22(27)25(28)9-10-30-18-5-6-20-15(11-18)7-8-24(21(20)26)12-17-14-29-13-16-3-1-2-4-19(16)17/h1-6,11,14,28H,7-10,12-13H2,(H2,23,27). The maximum atomic E-state index is 13.0. The van der Waals surface area contributed by atoms with Crippen LogP contribution in [0, 0.1) is 0 Å². The third kappa shape index (κ3) is 4.08. The molecule has 2 aromatic carbocycles. The van der Waals surface area contributed by atoms with Crippen LogP contribution in [-0.4, -0.2) is 53.3 Å². The highest BCUT2D eigenvalue weighted by atomic mass is 16.5. The topological polar surface area (TPSA) is 105 Å². The predicted molar refractivity (Wildman–Crippen MR) is 109 cm³/mol. The molecule has 2 heterocycles. The van der Waals surface area contributed by atoms with Crippen molar-refractivity contribution in [3.8, 4) is 5.75 Å². The van der Waals surface area contributed by atoms with Crippen molar-refractivity contribution >= 4 is 17.5 Å². The summed E-state index contributed by atoms with van der Waals surface area (Å²) < 4.78 is 11.1. The monoisotopic (exact) mass is 409 g/mol. The number of hydroxylamine groups is 2. The first-order valence-corrected chi connectivity index (χ1v) is 9.72. The van der Waals surface area contributed by atoms with Crippen LogP contribution in [0.2, 0.25) is 0 Å². The smallest absolute Gasteiger partial charge is 0.338 e. The van der Waals surface area contributed by atoms with Crippen LogP contribution in [0.5, 0.6) is 5.75 Å². The van der Waals surface area contributed by atoms with Gasteiger partial charge in [-0.1, -0.05) is 24.3 Å². The maximum Gasteiger partial charge on any atom is 0.338 e. The van der Waals surface area contributed by atoms with Gasteiger partial charge >= 0.3 is 6.03 Å². The molecule has 0 saturated heterocycles. The van der Waals surface area contributed by atoms with E-state index in [0.29, 0.717) is 42.5 Å². The van der Waals surface area contributed by atoms with Crippen LogP contribution in [0.3, 0.4) is 0 Å². The molecule has 0 fully saturated rings. The van der Waals surface area contributed by atoms with E-state index in [1.165, 1.54) is 0 Å². The maximum absolute atomic E-state index is 13.0. The van der Waals surface area contributed by atoms with Crippen LogP contribution < -0.4 is 10.5 Å². The lowest BCUT2D eigenvalue weighted by Gasteiger charge is -2.31. The van der Waals surface area contributed by atoms with E-state index in [9.17, 15) is 14.8 Å². The number of benzene rings is 2. The molecule has 0 unspecified atom stereocenters. The van der Waals surface area contributed by atoms with E-state index in [4.69, 9.17) is 15.2 Å². The second-order valence-electron chi connectivity index (χ2n) is 7.22. The Balaban J connectivity index is 1.42. The number of fused-ring (bicyclic) bond motifs is 2. The van der Waals surface area contributed by atoms with E-state index < -0.39 is 6.03 Å². The second kappa shape index (κ2) is 8.46. The summed E-state index contributed by atoms with van der Waals surface area (Å²) in [4.78, 5) is 25.6. The molecule has 4 rings (SSSR count). The molecular formula is C22H23N3O5. The van der Waals surface area contributed by atoms with Crippen molar-refractivity contribution < 1.29 is 24.3 Å². The quantitative estimate of drug-likeness (QED) is 0.563. The number of carbonyl (C=O) groups excluding carboxylic acids is 2. The van der Waals surface area contributed by atoms with Crippen LogP contribution in [0.1, 0.15) is 27.0 Å². The first-order chi connectivity index (χ1) is 14.5. The molecule has 0 bridgehead atoms. The van der Waals surface area contributed by atoms with Gasteiger partial charge in [0.05, 0.1) is 12.8 Å². The minimum absolute atomic E-state index is 0.0259. The molecule has 156 valence electrons. The summed E-state index contributed by atoms with van der Waals surface area (Å²) in [7, 11) is 0. The van der Waals surface area contributed by atoms with Gasteiger partial charge in [0.2, 0.25) is 0 Å². The van der Waals surface area contributed by atoms with Crippen LogP contribution in [-0.2, 0) is 17.8 Å². The molecule has 2 aliphatic heterocycles. The van der Waals surface area contributed by atoms with E-state index in [1.807, 2.05) is 29.2 Å². The third-order valence-corrected chi connectivity index (χ3v) is 5.26. The predicted octanol–water partition coefficient (Wildman–Crippen LogP) is 2.40. The average Bonchev–Trinajstić information content (AvgIpc) is 2.76. The summed E-state index contributed by atoms with van der Waals surface area (Å²) >= 11 is 0. The highest BCUT2D eigenvalue weighted by Crippen LogP contribution is 2.29. The van der Waals surface area contributed by atoms with Crippen LogP contribution >= 0.6 is 0 Å².